The summed E-state index contributed by atoms with van der Waals surface area (Å²) in [4.78, 5) is 23.6. The van der Waals surface area contributed by atoms with E-state index in [9.17, 15) is 9.59 Å². The van der Waals surface area contributed by atoms with Crippen LogP contribution in [0.25, 0.3) is 0 Å². The van der Waals surface area contributed by atoms with Crippen molar-refractivity contribution in [1.82, 2.24) is 4.90 Å². The number of nitrogens with two attached hydrogens (primary N) is 1. The summed E-state index contributed by atoms with van der Waals surface area (Å²) >= 11 is 0. The molecule has 2 aliphatic rings. The van der Waals surface area contributed by atoms with Crippen LogP contribution < -0.4 is 5.73 Å². The van der Waals surface area contributed by atoms with Gasteiger partial charge in [-0.1, -0.05) is 0 Å². The van der Waals surface area contributed by atoms with E-state index in [-0.39, 0.29) is 24.3 Å². The Bertz CT molecular complexity index is 222. The zero-order valence-electron chi connectivity index (χ0n) is 6.12. The molecule has 1 saturated carbocycles. The molecular weight excluding hydrogens is 144 g/mol. The van der Waals surface area contributed by atoms with Gasteiger partial charge >= 0.3 is 0 Å². The first-order valence-corrected chi connectivity index (χ1v) is 3.81. The lowest BCUT2D eigenvalue weighted by Gasteiger charge is -2.11. The van der Waals surface area contributed by atoms with Crippen LogP contribution in [0.3, 0.4) is 0 Å². The Kier molecular flexibility index (Phi) is 1.26. The number of carbonyl (C=O) groups is 2. The Morgan fingerprint density at radius 3 is 2.36 bits per heavy atom. The van der Waals surface area contributed by atoms with E-state index in [2.05, 4.69) is 0 Å². The maximum atomic E-state index is 11.2. The van der Waals surface area contributed by atoms with Gasteiger partial charge in [0.15, 0.2) is 0 Å². The van der Waals surface area contributed by atoms with Crippen LogP contribution in [0.5, 0.6) is 0 Å². The summed E-state index contributed by atoms with van der Waals surface area (Å²) in [7, 11) is 0. The van der Waals surface area contributed by atoms with Gasteiger partial charge in [-0.2, -0.15) is 0 Å². The highest BCUT2D eigenvalue weighted by Crippen LogP contribution is 2.30. The quantitative estimate of drug-likeness (QED) is 0.505. The van der Waals surface area contributed by atoms with Crippen molar-refractivity contribution in [3.63, 3.8) is 0 Å². The molecule has 11 heavy (non-hydrogen) atoms. The van der Waals surface area contributed by atoms with Gasteiger partial charge < -0.3 is 5.73 Å². The fraction of sp³-hybridized carbons (Fsp3) is 0.714. The number of nitrogens with zero attached hydrogens (tertiary/aromatic N) is 1. The molecule has 0 unspecified atom stereocenters. The number of hydrogen-bond donors (Lipinski definition) is 1. The van der Waals surface area contributed by atoms with Crippen molar-refractivity contribution in [2.45, 2.75) is 31.3 Å². The van der Waals surface area contributed by atoms with Crippen LogP contribution in [-0.4, -0.2) is 28.8 Å². The molecule has 0 spiro atoms. The third-order valence-corrected chi connectivity index (χ3v) is 2.13. The minimum Gasteiger partial charge on any atom is -0.319 e. The molecule has 4 nitrogen and oxygen atoms in total. The smallest absolute Gasteiger partial charge is 0.246 e. The van der Waals surface area contributed by atoms with Crippen molar-refractivity contribution in [2.24, 2.45) is 5.73 Å². The summed E-state index contributed by atoms with van der Waals surface area (Å²) in [5.74, 6) is -0.275. The van der Waals surface area contributed by atoms with E-state index in [1.807, 2.05) is 0 Å². The van der Waals surface area contributed by atoms with Gasteiger partial charge in [0.1, 0.15) is 0 Å². The molecule has 2 amide bonds. The lowest BCUT2D eigenvalue weighted by Crippen LogP contribution is -2.36. The van der Waals surface area contributed by atoms with Crippen molar-refractivity contribution in [2.75, 3.05) is 0 Å². The standard InChI is InChI=1S/C7H10N2O2/c8-5-3-6(10)9(7(5)11)4-1-2-4/h4-5H,1-3,8H2/t5-/m0/s1. The zero-order chi connectivity index (χ0) is 8.01. The molecule has 0 radical (unpaired) electrons. The average molecular weight is 154 g/mol. The molecule has 1 atom stereocenters. The first-order chi connectivity index (χ1) is 5.20. The Morgan fingerprint density at radius 1 is 1.36 bits per heavy atom. The van der Waals surface area contributed by atoms with Gasteiger partial charge in [-0.05, 0) is 12.8 Å². The molecule has 0 bridgehead atoms. The maximum absolute atomic E-state index is 11.2. The second-order valence-electron chi connectivity index (χ2n) is 3.14. The van der Waals surface area contributed by atoms with Gasteiger partial charge in [0, 0.05) is 6.04 Å². The summed E-state index contributed by atoms with van der Waals surface area (Å²) < 4.78 is 0. The molecule has 0 aromatic carbocycles. The topological polar surface area (TPSA) is 63.4 Å². The molecule has 2 fully saturated rings. The molecule has 2 N–H and O–H groups in total. The monoisotopic (exact) mass is 154 g/mol. The normalized spacial score (nSPS) is 31.7. The van der Waals surface area contributed by atoms with Gasteiger partial charge in [-0.15, -0.1) is 0 Å². The lowest BCUT2D eigenvalue weighted by atomic mass is 10.3. The minimum absolute atomic E-state index is 0.0926. The minimum atomic E-state index is -0.567. The van der Waals surface area contributed by atoms with E-state index >= 15 is 0 Å². The van der Waals surface area contributed by atoms with E-state index in [1.54, 1.807) is 0 Å². The number of carbonyl (C=O) groups excluding carboxylic acids is 2. The van der Waals surface area contributed by atoms with Gasteiger partial charge in [0.2, 0.25) is 11.8 Å². The summed E-state index contributed by atoms with van der Waals surface area (Å²) in [5, 5.41) is 0. The fourth-order valence-electron chi connectivity index (χ4n) is 1.39. The third-order valence-electron chi connectivity index (χ3n) is 2.13. The molecule has 1 aliphatic carbocycles. The van der Waals surface area contributed by atoms with E-state index in [1.165, 1.54) is 4.90 Å². The third kappa shape index (κ3) is 0.939. The summed E-state index contributed by atoms with van der Waals surface area (Å²) in [5.41, 5.74) is 5.41. The number of rotatable bonds is 1. The van der Waals surface area contributed by atoms with Crippen LogP contribution in [0.2, 0.25) is 0 Å². The Labute approximate surface area is 64.3 Å². The van der Waals surface area contributed by atoms with Gasteiger partial charge in [-0.25, -0.2) is 0 Å². The van der Waals surface area contributed by atoms with Gasteiger partial charge in [0.05, 0.1) is 12.5 Å². The second-order valence-corrected chi connectivity index (χ2v) is 3.14. The number of amides is 2. The van der Waals surface area contributed by atoms with E-state index in [0.717, 1.165) is 12.8 Å². The molecule has 4 heteroatoms. The Balaban J connectivity index is 2.17. The predicted molar refractivity (Wildman–Crippen MR) is 37.5 cm³/mol. The van der Waals surface area contributed by atoms with E-state index < -0.39 is 6.04 Å². The van der Waals surface area contributed by atoms with Gasteiger partial charge in [0.25, 0.3) is 0 Å². The zero-order valence-corrected chi connectivity index (χ0v) is 6.12. The summed E-state index contributed by atoms with van der Waals surface area (Å²) in [6, 6.07) is -0.383. The Hall–Kier alpha value is -0.900. The van der Waals surface area contributed by atoms with Crippen LogP contribution in [0.4, 0.5) is 0 Å². The maximum Gasteiger partial charge on any atom is 0.246 e. The molecule has 60 valence electrons. The average Bonchev–Trinajstić information content (AvgIpc) is 2.68. The van der Waals surface area contributed by atoms with Crippen LogP contribution in [0, 0.1) is 0 Å². The first kappa shape index (κ1) is 6.79. The molecule has 0 aromatic rings. The molecule has 2 rings (SSSR count). The van der Waals surface area contributed by atoms with Gasteiger partial charge in [-0.3, -0.25) is 14.5 Å². The Morgan fingerprint density at radius 2 is 2.00 bits per heavy atom. The molecular formula is C7H10N2O2. The fourth-order valence-corrected chi connectivity index (χ4v) is 1.39. The van der Waals surface area contributed by atoms with Crippen LogP contribution in [0.1, 0.15) is 19.3 Å². The molecule has 1 aliphatic heterocycles. The van der Waals surface area contributed by atoms with Crippen LogP contribution >= 0.6 is 0 Å². The number of likely N-dealkylation sites (tertiary alicyclic amines) is 1. The first-order valence-electron chi connectivity index (χ1n) is 3.81. The number of hydrogen-bond acceptors (Lipinski definition) is 3. The number of imide groups is 1. The van der Waals surface area contributed by atoms with Crippen molar-refractivity contribution in [3.05, 3.63) is 0 Å². The van der Waals surface area contributed by atoms with E-state index in [4.69, 9.17) is 5.73 Å². The van der Waals surface area contributed by atoms with Crippen LogP contribution in [-0.2, 0) is 9.59 Å². The van der Waals surface area contributed by atoms with Crippen molar-refractivity contribution >= 4 is 11.8 Å². The lowest BCUT2D eigenvalue weighted by molar-refractivity contribution is -0.139. The van der Waals surface area contributed by atoms with Crippen molar-refractivity contribution in [3.8, 4) is 0 Å². The molecule has 1 saturated heterocycles. The van der Waals surface area contributed by atoms with E-state index in [0.29, 0.717) is 0 Å². The van der Waals surface area contributed by atoms with Crippen LogP contribution in [0.15, 0.2) is 0 Å². The highest BCUT2D eigenvalue weighted by Gasteiger charge is 2.44. The summed E-state index contributed by atoms with van der Waals surface area (Å²) in [6.07, 6.45) is 2.13. The SMILES string of the molecule is N[C@H]1CC(=O)N(C2CC2)C1=O. The largest absolute Gasteiger partial charge is 0.319 e. The molecule has 1 heterocycles. The summed E-state index contributed by atoms with van der Waals surface area (Å²) in [6.45, 7) is 0. The van der Waals surface area contributed by atoms with Crippen molar-refractivity contribution < 1.29 is 9.59 Å². The highest BCUT2D eigenvalue weighted by atomic mass is 16.2. The second kappa shape index (κ2) is 2.04. The highest BCUT2D eigenvalue weighted by molar-refractivity contribution is 6.05. The van der Waals surface area contributed by atoms with Crippen molar-refractivity contribution in [1.29, 1.82) is 0 Å². The molecule has 0 aromatic heterocycles. The predicted octanol–water partition coefficient (Wildman–Crippen LogP) is -0.765.